The molecule has 2 N–H and O–H groups in total. The Hall–Kier alpha value is -2.86. The quantitative estimate of drug-likeness (QED) is 0.722. The zero-order chi connectivity index (χ0) is 22.5. The highest BCUT2D eigenvalue weighted by Gasteiger charge is 2.36. The summed E-state index contributed by atoms with van der Waals surface area (Å²) < 4.78 is 0. The molecule has 6 nitrogen and oxygen atoms in total. The van der Waals surface area contributed by atoms with Crippen LogP contribution in [0.1, 0.15) is 59.2 Å². The van der Waals surface area contributed by atoms with Crippen molar-refractivity contribution in [2.45, 2.75) is 56.7 Å². The van der Waals surface area contributed by atoms with Gasteiger partial charge in [0.1, 0.15) is 6.04 Å². The SMILES string of the molecule is O=C(NC1CCC(NC(=O)[C@H]2CCCN2C(=O)c2ccc(Cl)cc2)CC1)c1ccccc1. The van der Waals surface area contributed by atoms with Crippen LogP contribution in [0.25, 0.3) is 0 Å². The molecule has 2 aromatic rings. The summed E-state index contributed by atoms with van der Waals surface area (Å²) in [6.07, 6.45) is 4.75. The standard InChI is InChI=1S/C25H28ClN3O3/c26-19-10-8-18(9-11-19)25(32)29-16-4-7-22(29)24(31)28-21-14-12-20(13-15-21)27-23(30)17-5-2-1-3-6-17/h1-3,5-6,8-11,20-22H,4,7,12-16H2,(H,27,30)(H,28,31)/t20?,21?,22-/m1/s1. The highest BCUT2D eigenvalue weighted by Crippen LogP contribution is 2.23. The minimum absolute atomic E-state index is 0.0552. The number of carbonyl (C=O) groups excluding carboxylic acids is 3. The van der Waals surface area contributed by atoms with Gasteiger partial charge in [-0.05, 0) is 74.9 Å². The average molecular weight is 454 g/mol. The van der Waals surface area contributed by atoms with Gasteiger partial charge < -0.3 is 15.5 Å². The van der Waals surface area contributed by atoms with E-state index in [-0.39, 0.29) is 29.8 Å². The molecule has 0 radical (unpaired) electrons. The molecule has 168 valence electrons. The van der Waals surface area contributed by atoms with Crippen LogP contribution in [0.4, 0.5) is 0 Å². The van der Waals surface area contributed by atoms with Crippen molar-refractivity contribution >= 4 is 29.3 Å². The summed E-state index contributed by atoms with van der Waals surface area (Å²) in [5, 5.41) is 6.82. The van der Waals surface area contributed by atoms with Crippen LogP contribution in [0.5, 0.6) is 0 Å². The lowest BCUT2D eigenvalue weighted by Gasteiger charge is -2.31. The summed E-state index contributed by atoms with van der Waals surface area (Å²) in [7, 11) is 0. The van der Waals surface area contributed by atoms with Crippen molar-refractivity contribution in [3.05, 3.63) is 70.7 Å². The highest BCUT2D eigenvalue weighted by molar-refractivity contribution is 6.30. The predicted molar refractivity (Wildman–Crippen MR) is 124 cm³/mol. The Bertz CT molecular complexity index is 956. The number of carbonyl (C=O) groups is 3. The minimum atomic E-state index is -0.436. The van der Waals surface area contributed by atoms with E-state index in [4.69, 9.17) is 11.6 Å². The normalized spacial score (nSPS) is 22.9. The van der Waals surface area contributed by atoms with Gasteiger partial charge in [0.15, 0.2) is 0 Å². The van der Waals surface area contributed by atoms with Crippen molar-refractivity contribution in [3.8, 4) is 0 Å². The molecule has 1 saturated carbocycles. The molecule has 2 aliphatic rings. The number of hydrogen-bond donors (Lipinski definition) is 2. The third-order valence-electron chi connectivity index (χ3n) is 6.35. The van der Waals surface area contributed by atoms with Crippen LogP contribution in [0.2, 0.25) is 5.02 Å². The molecule has 2 aromatic carbocycles. The molecular formula is C25H28ClN3O3. The number of likely N-dealkylation sites (tertiary alicyclic amines) is 1. The van der Waals surface area contributed by atoms with Gasteiger partial charge in [0.05, 0.1) is 0 Å². The molecule has 0 aromatic heterocycles. The second kappa shape index (κ2) is 10.2. The van der Waals surface area contributed by atoms with Gasteiger partial charge >= 0.3 is 0 Å². The first-order valence-electron chi connectivity index (χ1n) is 11.2. The molecule has 32 heavy (non-hydrogen) atoms. The van der Waals surface area contributed by atoms with Gasteiger partial charge in [-0.2, -0.15) is 0 Å². The molecule has 4 rings (SSSR count). The zero-order valence-corrected chi connectivity index (χ0v) is 18.7. The van der Waals surface area contributed by atoms with Crippen molar-refractivity contribution in [2.24, 2.45) is 0 Å². The monoisotopic (exact) mass is 453 g/mol. The number of benzene rings is 2. The lowest BCUT2D eigenvalue weighted by molar-refractivity contribution is -0.125. The maximum Gasteiger partial charge on any atom is 0.254 e. The lowest BCUT2D eigenvalue weighted by atomic mass is 9.90. The van der Waals surface area contributed by atoms with Crippen molar-refractivity contribution in [2.75, 3.05) is 6.54 Å². The molecular weight excluding hydrogens is 426 g/mol. The Balaban J connectivity index is 1.27. The van der Waals surface area contributed by atoms with E-state index in [0.29, 0.717) is 29.1 Å². The van der Waals surface area contributed by atoms with E-state index in [1.54, 1.807) is 41.3 Å². The van der Waals surface area contributed by atoms with Crippen molar-refractivity contribution in [1.82, 2.24) is 15.5 Å². The zero-order valence-electron chi connectivity index (χ0n) is 17.9. The van der Waals surface area contributed by atoms with E-state index in [1.807, 2.05) is 18.2 Å². The third kappa shape index (κ3) is 5.30. The van der Waals surface area contributed by atoms with Gasteiger partial charge in [-0.3, -0.25) is 14.4 Å². The van der Waals surface area contributed by atoms with E-state index >= 15 is 0 Å². The smallest absolute Gasteiger partial charge is 0.254 e. The van der Waals surface area contributed by atoms with Crippen molar-refractivity contribution in [3.63, 3.8) is 0 Å². The Labute approximate surface area is 193 Å². The van der Waals surface area contributed by atoms with Crippen LogP contribution in [0.3, 0.4) is 0 Å². The Morgan fingerprint density at radius 2 is 1.41 bits per heavy atom. The van der Waals surface area contributed by atoms with E-state index in [9.17, 15) is 14.4 Å². The van der Waals surface area contributed by atoms with Crippen molar-refractivity contribution in [1.29, 1.82) is 0 Å². The summed E-state index contributed by atoms with van der Waals surface area (Å²) in [5.74, 6) is -0.270. The molecule has 1 aliphatic heterocycles. The summed E-state index contributed by atoms with van der Waals surface area (Å²) in [6, 6.07) is 15.7. The van der Waals surface area contributed by atoms with Crippen LogP contribution in [0, 0.1) is 0 Å². The summed E-state index contributed by atoms with van der Waals surface area (Å²) >= 11 is 5.92. The molecule has 2 fully saturated rings. The van der Waals surface area contributed by atoms with Crippen LogP contribution in [0.15, 0.2) is 54.6 Å². The number of halogens is 1. The first-order chi connectivity index (χ1) is 15.5. The molecule has 1 saturated heterocycles. The van der Waals surface area contributed by atoms with Gasteiger partial charge in [0.25, 0.3) is 11.8 Å². The molecule has 0 spiro atoms. The van der Waals surface area contributed by atoms with Crippen LogP contribution in [-0.2, 0) is 4.79 Å². The van der Waals surface area contributed by atoms with E-state index in [2.05, 4.69) is 10.6 Å². The third-order valence-corrected chi connectivity index (χ3v) is 6.60. The van der Waals surface area contributed by atoms with E-state index in [1.165, 1.54) is 0 Å². The maximum atomic E-state index is 13.0. The lowest BCUT2D eigenvalue weighted by Crippen LogP contribution is -2.50. The molecule has 0 unspecified atom stereocenters. The van der Waals surface area contributed by atoms with Gasteiger partial charge in [-0.15, -0.1) is 0 Å². The largest absolute Gasteiger partial charge is 0.352 e. The Morgan fingerprint density at radius 3 is 2.06 bits per heavy atom. The number of nitrogens with one attached hydrogen (secondary N) is 2. The number of nitrogens with zero attached hydrogens (tertiary/aromatic N) is 1. The fourth-order valence-corrected chi connectivity index (χ4v) is 4.70. The van der Waals surface area contributed by atoms with Crippen LogP contribution < -0.4 is 10.6 Å². The van der Waals surface area contributed by atoms with E-state index in [0.717, 1.165) is 32.1 Å². The van der Waals surface area contributed by atoms with Crippen molar-refractivity contribution < 1.29 is 14.4 Å². The first kappa shape index (κ1) is 22.3. The molecule has 1 aliphatic carbocycles. The number of amides is 3. The van der Waals surface area contributed by atoms with Gasteiger partial charge in [-0.25, -0.2) is 0 Å². The molecule has 1 atom stereocenters. The number of hydrogen-bond acceptors (Lipinski definition) is 3. The Kier molecular flexibility index (Phi) is 7.10. The molecule has 7 heteroatoms. The molecule has 0 bridgehead atoms. The molecule has 1 heterocycles. The summed E-state index contributed by atoms with van der Waals surface area (Å²) in [6.45, 7) is 0.581. The molecule has 3 amide bonds. The average Bonchev–Trinajstić information content (AvgIpc) is 3.31. The van der Waals surface area contributed by atoms with Gasteiger partial charge in [-0.1, -0.05) is 29.8 Å². The minimum Gasteiger partial charge on any atom is -0.352 e. The Morgan fingerprint density at radius 1 is 0.781 bits per heavy atom. The van der Waals surface area contributed by atoms with Crippen LogP contribution >= 0.6 is 11.6 Å². The summed E-state index contributed by atoms with van der Waals surface area (Å²) in [5.41, 5.74) is 1.21. The maximum absolute atomic E-state index is 13.0. The highest BCUT2D eigenvalue weighted by atomic mass is 35.5. The predicted octanol–water partition coefficient (Wildman–Crippen LogP) is 3.80. The number of rotatable bonds is 5. The first-order valence-corrected chi connectivity index (χ1v) is 11.6. The van der Waals surface area contributed by atoms with Crippen LogP contribution in [-0.4, -0.2) is 47.3 Å². The second-order valence-corrected chi connectivity index (χ2v) is 9.00. The van der Waals surface area contributed by atoms with E-state index < -0.39 is 6.04 Å². The fourth-order valence-electron chi connectivity index (χ4n) is 4.58. The second-order valence-electron chi connectivity index (χ2n) is 8.56. The fraction of sp³-hybridized carbons (Fsp3) is 0.400. The topological polar surface area (TPSA) is 78.5 Å². The summed E-state index contributed by atoms with van der Waals surface area (Å²) in [4.78, 5) is 39.9. The van der Waals surface area contributed by atoms with Gasteiger partial charge in [0, 0.05) is 34.8 Å². The van der Waals surface area contributed by atoms with Gasteiger partial charge in [0.2, 0.25) is 5.91 Å².